The lowest BCUT2D eigenvalue weighted by Gasteiger charge is -2.06. The molecule has 0 saturated heterocycles. The van der Waals surface area contributed by atoms with Gasteiger partial charge in [-0.2, -0.15) is 18.3 Å². The fourth-order valence-corrected chi connectivity index (χ4v) is 1.91. The summed E-state index contributed by atoms with van der Waals surface area (Å²) < 4.78 is 39.0. The first kappa shape index (κ1) is 13.6. The molecule has 0 fully saturated rings. The van der Waals surface area contributed by atoms with Crippen LogP contribution in [0.1, 0.15) is 31.0 Å². The number of hydrogen-bond acceptors (Lipinski definition) is 1. The van der Waals surface area contributed by atoms with E-state index in [2.05, 4.69) is 18.9 Å². The normalized spacial score (nSPS) is 12.2. The predicted molar refractivity (Wildman–Crippen MR) is 67.7 cm³/mol. The Morgan fingerprint density at radius 3 is 2.11 bits per heavy atom. The van der Waals surface area contributed by atoms with Crippen LogP contribution in [-0.2, 0) is 13.2 Å². The monoisotopic (exact) mass is 268 g/mol. The fraction of sp³-hybridized carbons (Fsp3) is 0.357. The third-order valence-electron chi connectivity index (χ3n) is 3.04. The largest absolute Gasteiger partial charge is 0.435 e. The SMILES string of the molecule is CC(C)c1ccc(-c2cc(C(F)(F)F)nn2C)cc1. The van der Waals surface area contributed by atoms with E-state index in [1.807, 2.05) is 24.3 Å². The Balaban J connectivity index is 2.39. The molecule has 1 aromatic carbocycles. The second-order valence-corrected chi connectivity index (χ2v) is 4.81. The molecule has 2 nitrogen and oxygen atoms in total. The van der Waals surface area contributed by atoms with Crippen molar-refractivity contribution in [3.8, 4) is 11.3 Å². The Morgan fingerprint density at radius 2 is 1.68 bits per heavy atom. The van der Waals surface area contributed by atoms with E-state index in [0.717, 1.165) is 17.2 Å². The van der Waals surface area contributed by atoms with E-state index < -0.39 is 11.9 Å². The van der Waals surface area contributed by atoms with Crippen LogP contribution in [0, 0.1) is 0 Å². The van der Waals surface area contributed by atoms with Crippen LogP contribution in [0.25, 0.3) is 11.3 Å². The highest BCUT2D eigenvalue weighted by molar-refractivity contribution is 5.60. The average Bonchev–Trinajstić information content (AvgIpc) is 2.71. The number of benzene rings is 1. The molecule has 0 amide bonds. The third kappa shape index (κ3) is 2.80. The van der Waals surface area contributed by atoms with Gasteiger partial charge in [0.05, 0.1) is 5.69 Å². The summed E-state index contributed by atoms with van der Waals surface area (Å²) in [6, 6.07) is 8.59. The van der Waals surface area contributed by atoms with Gasteiger partial charge >= 0.3 is 6.18 Å². The minimum absolute atomic E-state index is 0.395. The minimum atomic E-state index is -4.41. The van der Waals surface area contributed by atoms with Crippen LogP contribution in [0.15, 0.2) is 30.3 Å². The van der Waals surface area contributed by atoms with Crippen LogP contribution in [0.4, 0.5) is 13.2 Å². The predicted octanol–water partition coefficient (Wildman–Crippen LogP) is 4.23. The van der Waals surface area contributed by atoms with Crippen molar-refractivity contribution in [2.75, 3.05) is 0 Å². The first-order valence-corrected chi connectivity index (χ1v) is 6.00. The smallest absolute Gasteiger partial charge is 0.267 e. The summed E-state index contributed by atoms with van der Waals surface area (Å²) in [5.41, 5.74) is 1.48. The van der Waals surface area contributed by atoms with E-state index in [1.54, 1.807) is 0 Å². The first-order valence-electron chi connectivity index (χ1n) is 6.00. The van der Waals surface area contributed by atoms with Crippen molar-refractivity contribution < 1.29 is 13.2 Å². The molecule has 0 aliphatic heterocycles. The summed E-state index contributed by atoms with van der Waals surface area (Å²) in [7, 11) is 1.51. The molecule has 0 atom stereocenters. The van der Waals surface area contributed by atoms with Crippen molar-refractivity contribution in [2.24, 2.45) is 7.05 Å². The van der Waals surface area contributed by atoms with Crippen LogP contribution in [0.2, 0.25) is 0 Å². The van der Waals surface area contributed by atoms with E-state index in [-0.39, 0.29) is 0 Å². The van der Waals surface area contributed by atoms with Gasteiger partial charge in [-0.05, 0) is 23.1 Å². The molecule has 1 aromatic heterocycles. The summed E-state index contributed by atoms with van der Waals surface area (Å²) in [6.45, 7) is 4.14. The number of aryl methyl sites for hydroxylation is 1. The number of aromatic nitrogens is 2. The summed E-state index contributed by atoms with van der Waals surface area (Å²) in [5.74, 6) is 0.395. The number of rotatable bonds is 2. The summed E-state index contributed by atoms with van der Waals surface area (Å²) in [5, 5.41) is 3.51. The second kappa shape index (κ2) is 4.72. The number of alkyl halides is 3. The minimum Gasteiger partial charge on any atom is -0.267 e. The standard InChI is InChI=1S/C14H15F3N2/c1-9(2)10-4-6-11(7-5-10)12-8-13(14(15,16)17)18-19(12)3/h4-9H,1-3H3. The molecule has 2 rings (SSSR count). The average molecular weight is 268 g/mol. The first-order chi connectivity index (χ1) is 8.79. The van der Waals surface area contributed by atoms with Gasteiger partial charge in [0.25, 0.3) is 0 Å². The van der Waals surface area contributed by atoms with Crippen LogP contribution in [0.3, 0.4) is 0 Å². The van der Waals surface area contributed by atoms with Crippen LogP contribution >= 0.6 is 0 Å². The molecule has 19 heavy (non-hydrogen) atoms. The highest BCUT2D eigenvalue weighted by Crippen LogP contribution is 2.31. The van der Waals surface area contributed by atoms with Gasteiger partial charge in [-0.15, -0.1) is 0 Å². The molecule has 0 N–H and O–H groups in total. The lowest BCUT2D eigenvalue weighted by molar-refractivity contribution is -0.141. The molecule has 0 radical (unpaired) electrons. The second-order valence-electron chi connectivity index (χ2n) is 4.81. The lowest BCUT2D eigenvalue weighted by Crippen LogP contribution is -2.06. The number of nitrogens with zero attached hydrogens (tertiary/aromatic N) is 2. The molecule has 102 valence electrons. The Bertz CT molecular complexity index is 565. The molecule has 0 spiro atoms. The van der Waals surface area contributed by atoms with Crippen molar-refractivity contribution in [3.05, 3.63) is 41.6 Å². The topological polar surface area (TPSA) is 17.8 Å². The van der Waals surface area contributed by atoms with E-state index >= 15 is 0 Å². The van der Waals surface area contributed by atoms with E-state index in [9.17, 15) is 13.2 Å². The number of halogens is 3. The Labute approximate surface area is 109 Å². The van der Waals surface area contributed by atoms with Gasteiger partial charge in [-0.25, -0.2) is 0 Å². The van der Waals surface area contributed by atoms with Gasteiger partial charge < -0.3 is 0 Å². The Kier molecular flexibility index (Phi) is 3.39. The maximum atomic E-state index is 12.6. The fourth-order valence-electron chi connectivity index (χ4n) is 1.91. The molecule has 0 aliphatic rings. The van der Waals surface area contributed by atoms with Crippen molar-refractivity contribution >= 4 is 0 Å². The highest BCUT2D eigenvalue weighted by Gasteiger charge is 2.34. The van der Waals surface area contributed by atoms with Crippen molar-refractivity contribution in [3.63, 3.8) is 0 Å². The van der Waals surface area contributed by atoms with E-state index in [1.165, 1.54) is 11.7 Å². The molecular formula is C14H15F3N2. The van der Waals surface area contributed by atoms with E-state index in [0.29, 0.717) is 11.6 Å². The molecule has 0 saturated carbocycles. The van der Waals surface area contributed by atoms with Gasteiger partial charge in [0, 0.05) is 7.05 Å². The summed E-state index contributed by atoms with van der Waals surface area (Å²) >= 11 is 0. The van der Waals surface area contributed by atoms with Gasteiger partial charge in [0.1, 0.15) is 0 Å². The van der Waals surface area contributed by atoms with Crippen LogP contribution in [-0.4, -0.2) is 9.78 Å². The Hall–Kier alpha value is -1.78. The molecule has 0 bridgehead atoms. The zero-order valence-electron chi connectivity index (χ0n) is 11.0. The summed E-state index contributed by atoms with van der Waals surface area (Å²) in [6.07, 6.45) is -4.41. The van der Waals surface area contributed by atoms with Crippen LogP contribution < -0.4 is 0 Å². The molecule has 0 unspecified atom stereocenters. The van der Waals surface area contributed by atoms with Crippen LogP contribution in [0.5, 0.6) is 0 Å². The molecule has 0 aliphatic carbocycles. The lowest BCUT2D eigenvalue weighted by atomic mass is 10.0. The summed E-state index contributed by atoms with van der Waals surface area (Å²) in [4.78, 5) is 0. The molecule has 2 aromatic rings. The van der Waals surface area contributed by atoms with Crippen molar-refractivity contribution in [1.82, 2.24) is 9.78 Å². The van der Waals surface area contributed by atoms with Gasteiger partial charge in [-0.1, -0.05) is 38.1 Å². The maximum absolute atomic E-state index is 12.6. The van der Waals surface area contributed by atoms with Gasteiger partial charge in [0.2, 0.25) is 0 Å². The molecular weight excluding hydrogens is 253 g/mol. The van der Waals surface area contributed by atoms with Gasteiger partial charge in [-0.3, -0.25) is 4.68 Å². The number of hydrogen-bond donors (Lipinski definition) is 0. The van der Waals surface area contributed by atoms with E-state index in [4.69, 9.17) is 0 Å². The molecule has 1 heterocycles. The zero-order chi connectivity index (χ0) is 14.2. The van der Waals surface area contributed by atoms with Crippen molar-refractivity contribution in [1.29, 1.82) is 0 Å². The van der Waals surface area contributed by atoms with Crippen molar-refractivity contribution in [2.45, 2.75) is 25.9 Å². The zero-order valence-corrected chi connectivity index (χ0v) is 11.0. The quantitative estimate of drug-likeness (QED) is 0.797. The maximum Gasteiger partial charge on any atom is 0.435 e. The highest BCUT2D eigenvalue weighted by atomic mass is 19.4. The third-order valence-corrected chi connectivity index (χ3v) is 3.04. The van der Waals surface area contributed by atoms with Gasteiger partial charge in [0.15, 0.2) is 5.69 Å². The Morgan fingerprint density at radius 1 is 1.11 bits per heavy atom. The molecule has 5 heteroatoms.